The average molecular weight is 418 g/mol. The number of benzene rings is 2. The Morgan fingerprint density at radius 2 is 1.87 bits per heavy atom. The Balaban J connectivity index is 2.06. The van der Waals surface area contributed by atoms with E-state index in [1.54, 1.807) is 36.4 Å². The summed E-state index contributed by atoms with van der Waals surface area (Å²) in [5.74, 6) is -0.453. The zero-order valence-electron chi connectivity index (χ0n) is 12.2. The van der Waals surface area contributed by atoms with Crippen LogP contribution in [-0.4, -0.2) is 32.2 Å². The number of hydrogen-bond donors (Lipinski definition) is 1. The van der Waals surface area contributed by atoms with Gasteiger partial charge in [0.25, 0.3) is 0 Å². The van der Waals surface area contributed by atoms with Crippen LogP contribution in [0.4, 0.5) is 5.69 Å². The molecule has 23 heavy (non-hydrogen) atoms. The molecule has 2 aromatic carbocycles. The molecule has 0 saturated carbocycles. The molecule has 2 rings (SSSR count). The van der Waals surface area contributed by atoms with Crippen LogP contribution in [0.15, 0.2) is 57.9 Å². The molecule has 1 N–H and O–H groups in total. The van der Waals surface area contributed by atoms with Crippen LogP contribution < -0.4 is 5.32 Å². The van der Waals surface area contributed by atoms with Crippen molar-refractivity contribution in [3.05, 3.63) is 58.0 Å². The van der Waals surface area contributed by atoms with Gasteiger partial charge in [-0.2, -0.15) is 4.31 Å². The van der Waals surface area contributed by atoms with Gasteiger partial charge < -0.3 is 5.32 Å². The Kier molecular flexibility index (Phi) is 5.80. The fourth-order valence-electron chi connectivity index (χ4n) is 1.83. The summed E-state index contributed by atoms with van der Waals surface area (Å²) in [7, 11) is -2.34. The molecule has 0 aromatic heterocycles. The van der Waals surface area contributed by atoms with E-state index < -0.39 is 15.9 Å². The van der Waals surface area contributed by atoms with Crippen molar-refractivity contribution < 1.29 is 13.2 Å². The molecule has 0 atom stereocenters. The van der Waals surface area contributed by atoms with Crippen LogP contribution >= 0.6 is 27.5 Å². The van der Waals surface area contributed by atoms with E-state index in [-0.39, 0.29) is 11.4 Å². The highest BCUT2D eigenvalue weighted by Crippen LogP contribution is 2.25. The first-order valence-corrected chi connectivity index (χ1v) is 9.18. The number of sulfonamides is 1. The highest BCUT2D eigenvalue weighted by molar-refractivity contribution is 9.10. The molecule has 5 nitrogen and oxygen atoms in total. The number of halogens is 2. The van der Waals surface area contributed by atoms with Gasteiger partial charge in [-0.1, -0.05) is 29.8 Å². The van der Waals surface area contributed by atoms with E-state index in [1.807, 2.05) is 0 Å². The maximum absolute atomic E-state index is 12.3. The summed E-state index contributed by atoms with van der Waals surface area (Å²) in [5.41, 5.74) is 0.494. The number of anilines is 1. The van der Waals surface area contributed by atoms with E-state index in [4.69, 9.17) is 11.6 Å². The second-order valence-corrected chi connectivity index (χ2v) is 8.06. The van der Waals surface area contributed by atoms with Gasteiger partial charge in [-0.15, -0.1) is 0 Å². The number of rotatable bonds is 5. The predicted molar refractivity (Wildman–Crippen MR) is 94.0 cm³/mol. The lowest BCUT2D eigenvalue weighted by molar-refractivity contribution is -0.116. The van der Waals surface area contributed by atoms with Gasteiger partial charge in [0, 0.05) is 17.2 Å². The summed E-state index contributed by atoms with van der Waals surface area (Å²) in [4.78, 5) is 12.2. The van der Waals surface area contributed by atoms with Gasteiger partial charge in [0.1, 0.15) is 0 Å². The highest BCUT2D eigenvalue weighted by Gasteiger charge is 2.22. The summed E-state index contributed by atoms with van der Waals surface area (Å²) >= 11 is 9.21. The third-order valence-electron chi connectivity index (χ3n) is 3.02. The third kappa shape index (κ3) is 4.54. The van der Waals surface area contributed by atoms with Crippen molar-refractivity contribution in [3.8, 4) is 0 Å². The van der Waals surface area contributed by atoms with Gasteiger partial charge in [0.2, 0.25) is 15.9 Å². The molecule has 0 saturated heterocycles. The van der Waals surface area contributed by atoms with E-state index in [0.29, 0.717) is 15.2 Å². The first kappa shape index (κ1) is 17.9. The van der Waals surface area contributed by atoms with E-state index in [1.165, 1.54) is 19.2 Å². The summed E-state index contributed by atoms with van der Waals surface area (Å²) in [6, 6.07) is 12.9. The van der Waals surface area contributed by atoms with E-state index >= 15 is 0 Å². The number of nitrogens with one attached hydrogen (secondary N) is 1. The van der Waals surface area contributed by atoms with E-state index in [2.05, 4.69) is 21.2 Å². The molecule has 0 unspecified atom stereocenters. The topological polar surface area (TPSA) is 66.5 Å². The lowest BCUT2D eigenvalue weighted by Gasteiger charge is -2.17. The molecule has 8 heteroatoms. The van der Waals surface area contributed by atoms with Gasteiger partial charge in [-0.05, 0) is 46.3 Å². The molecule has 122 valence electrons. The highest BCUT2D eigenvalue weighted by atomic mass is 79.9. The fraction of sp³-hybridized carbons (Fsp3) is 0.133. The molecule has 0 spiro atoms. The first-order valence-electron chi connectivity index (χ1n) is 6.57. The Bertz CT molecular complexity index is 813. The molecule has 0 radical (unpaired) electrons. The minimum Gasteiger partial charge on any atom is -0.325 e. The lowest BCUT2D eigenvalue weighted by atomic mass is 10.3. The molecular formula is C15H14BrClN2O3S. The Morgan fingerprint density at radius 3 is 2.48 bits per heavy atom. The van der Waals surface area contributed by atoms with Crippen LogP contribution in [0.25, 0.3) is 0 Å². The number of likely N-dealkylation sites (N-methyl/N-ethyl adjacent to an activating group) is 1. The maximum Gasteiger partial charge on any atom is 0.243 e. The molecule has 0 aliphatic carbocycles. The summed E-state index contributed by atoms with van der Waals surface area (Å²) in [6.45, 7) is -0.301. The fourth-order valence-corrected chi connectivity index (χ4v) is 3.41. The number of amides is 1. The van der Waals surface area contributed by atoms with Crippen LogP contribution in [0.2, 0.25) is 5.02 Å². The van der Waals surface area contributed by atoms with Crippen molar-refractivity contribution in [2.45, 2.75) is 4.90 Å². The second kappa shape index (κ2) is 7.44. The van der Waals surface area contributed by atoms with Gasteiger partial charge >= 0.3 is 0 Å². The quantitative estimate of drug-likeness (QED) is 0.811. The number of carbonyl (C=O) groups excluding carboxylic acids is 1. The SMILES string of the molecule is CN(CC(=O)Nc1ccc(Br)c(Cl)c1)S(=O)(=O)c1ccccc1. The van der Waals surface area contributed by atoms with Gasteiger partial charge in [-0.3, -0.25) is 4.79 Å². The van der Waals surface area contributed by atoms with E-state index in [9.17, 15) is 13.2 Å². The molecule has 0 bridgehead atoms. The first-order chi connectivity index (χ1) is 10.8. The van der Waals surface area contributed by atoms with Gasteiger partial charge in [0.15, 0.2) is 0 Å². The minimum atomic E-state index is -3.70. The maximum atomic E-state index is 12.3. The van der Waals surface area contributed by atoms with Crippen molar-refractivity contribution in [2.75, 3.05) is 18.9 Å². The zero-order valence-corrected chi connectivity index (χ0v) is 15.3. The molecular weight excluding hydrogens is 404 g/mol. The van der Waals surface area contributed by atoms with Crippen molar-refractivity contribution >= 4 is 49.1 Å². The number of hydrogen-bond acceptors (Lipinski definition) is 3. The Labute approximate surface area is 148 Å². The molecule has 0 heterocycles. The average Bonchev–Trinajstić information content (AvgIpc) is 2.51. The standard InChI is InChI=1S/C15H14BrClN2O3S/c1-19(23(21,22)12-5-3-2-4-6-12)10-15(20)18-11-7-8-13(16)14(17)9-11/h2-9H,10H2,1H3,(H,18,20). The largest absolute Gasteiger partial charge is 0.325 e. The molecule has 0 aliphatic heterocycles. The van der Waals surface area contributed by atoms with Crippen LogP contribution in [0.1, 0.15) is 0 Å². The van der Waals surface area contributed by atoms with Gasteiger partial charge in [0.05, 0.1) is 16.5 Å². The van der Waals surface area contributed by atoms with Crippen LogP contribution in [0.5, 0.6) is 0 Å². The summed E-state index contributed by atoms with van der Waals surface area (Å²) in [5, 5.41) is 3.07. The minimum absolute atomic E-state index is 0.141. The second-order valence-electron chi connectivity index (χ2n) is 4.75. The van der Waals surface area contributed by atoms with Crippen molar-refractivity contribution in [2.24, 2.45) is 0 Å². The Hall–Kier alpha value is -1.41. The number of carbonyl (C=O) groups is 1. The Morgan fingerprint density at radius 1 is 1.22 bits per heavy atom. The van der Waals surface area contributed by atoms with Crippen LogP contribution in [-0.2, 0) is 14.8 Å². The molecule has 0 fully saturated rings. The van der Waals surface area contributed by atoms with Crippen molar-refractivity contribution in [3.63, 3.8) is 0 Å². The lowest BCUT2D eigenvalue weighted by Crippen LogP contribution is -2.34. The molecule has 1 amide bonds. The monoisotopic (exact) mass is 416 g/mol. The normalized spacial score (nSPS) is 11.5. The summed E-state index contributed by atoms with van der Waals surface area (Å²) < 4.78 is 26.4. The zero-order chi connectivity index (χ0) is 17.0. The third-order valence-corrected chi connectivity index (χ3v) is 6.07. The van der Waals surface area contributed by atoms with Crippen molar-refractivity contribution in [1.29, 1.82) is 0 Å². The van der Waals surface area contributed by atoms with Crippen molar-refractivity contribution in [1.82, 2.24) is 4.31 Å². The summed E-state index contributed by atoms with van der Waals surface area (Å²) in [6.07, 6.45) is 0. The van der Waals surface area contributed by atoms with Gasteiger partial charge in [-0.25, -0.2) is 8.42 Å². The van der Waals surface area contributed by atoms with E-state index in [0.717, 1.165) is 4.31 Å². The molecule has 2 aromatic rings. The van der Waals surface area contributed by atoms with Crippen LogP contribution in [0, 0.1) is 0 Å². The number of nitrogens with zero attached hydrogens (tertiary/aromatic N) is 1. The predicted octanol–water partition coefficient (Wildman–Crippen LogP) is 3.36. The smallest absolute Gasteiger partial charge is 0.243 e. The van der Waals surface area contributed by atoms with Crippen LogP contribution in [0.3, 0.4) is 0 Å². The molecule has 0 aliphatic rings.